The van der Waals surface area contributed by atoms with Crippen molar-refractivity contribution in [2.75, 3.05) is 0 Å². The van der Waals surface area contributed by atoms with Crippen LogP contribution in [0.25, 0.3) is 21.8 Å². The molecule has 0 radical (unpaired) electrons. The van der Waals surface area contributed by atoms with E-state index in [1.165, 1.54) is 6.82 Å². The number of rotatable bonds is 2. The van der Waals surface area contributed by atoms with E-state index >= 15 is 0 Å². The number of benzene rings is 2. The van der Waals surface area contributed by atoms with Gasteiger partial charge in [-0.3, -0.25) is 9.59 Å². The van der Waals surface area contributed by atoms with Crippen LogP contribution in [0.1, 0.15) is 47.6 Å². The van der Waals surface area contributed by atoms with E-state index in [0.29, 0.717) is 0 Å². The molecule has 0 saturated heterocycles. The number of hydrogen-bond acceptors (Lipinski definition) is 4. The Kier molecular flexibility index (Phi) is 9.90. The second-order valence-electron chi connectivity index (χ2n) is 6.88. The zero-order chi connectivity index (χ0) is 22.4. The molecule has 0 aliphatic heterocycles. The minimum absolute atomic E-state index is 0. The minimum atomic E-state index is -1.17. The molecular weight excluding hydrogens is 459 g/mol. The monoisotopic (exact) mass is 486 g/mol. The summed E-state index contributed by atoms with van der Waals surface area (Å²) in [5, 5.41) is 17.4. The predicted molar refractivity (Wildman–Crippen MR) is 132 cm³/mol. The van der Waals surface area contributed by atoms with Crippen LogP contribution in [0, 0.1) is 6.92 Å². The standard InChI is InChI=1S/C11H11NO.C10H8BrNO.CH5BO2.CH4/c1-7-5-10(8(2)13)6-9-3-4-12-11(7)9;1-6(13)8-4-7-2-3-12-10(7)9(11)5-8;1-2(3)4;/h3-6,12H,1-2H3;2-5,12H,1H3;3-4H,1H3;1H4. The maximum Gasteiger partial charge on any atom is 0.448 e. The molecule has 6 nitrogen and oxygen atoms in total. The van der Waals surface area contributed by atoms with Crippen LogP contribution in [0.15, 0.2) is 53.3 Å². The molecule has 164 valence electrons. The van der Waals surface area contributed by atoms with Crippen molar-refractivity contribution in [3.05, 3.63) is 70.0 Å². The van der Waals surface area contributed by atoms with Crippen molar-refractivity contribution >= 4 is 56.4 Å². The molecule has 2 aromatic carbocycles. The number of nitrogens with one attached hydrogen (secondary N) is 2. The second-order valence-corrected chi connectivity index (χ2v) is 7.73. The maximum atomic E-state index is 11.2. The first-order chi connectivity index (χ1) is 14.1. The average Bonchev–Trinajstić information content (AvgIpc) is 3.30. The van der Waals surface area contributed by atoms with Gasteiger partial charge in [-0.25, -0.2) is 0 Å². The number of aromatic amines is 2. The number of ketones is 2. The smallest absolute Gasteiger partial charge is 0.427 e. The number of Topliss-reactive ketones (excluding diaryl/α,β-unsaturated/α-hetero) is 2. The SMILES string of the molecule is C.CB(O)O.CC(=O)c1cc(Br)c2[nH]ccc2c1.CC(=O)c1cc(C)c2[nH]ccc2c1. The Bertz CT molecular complexity index is 1090. The second kappa shape index (κ2) is 11.6. The molecule has 0 saturated carbocycles. The van der Waals surface area contributed by atoms with Gasteiger partial charge in [-0.1, -0.05) is 7.43 Å². The molecule has 0 spiro atoms. The van der Waals surface area contributed by atoms with Gasteiger partial charge in [-0.2, -0.15) is 0 Å². The van der Waals surface area contributed by atoms with Crippen molar-refractivity contribution in [2.24, 2.45) is 0 Å². The molecule has 0 aliphatic carbocycles. The molecule has 2 aromatic heterocycles. The Morgan fingerprint density at radius 1 is 0.871 bits per heavy atom. The lowest BCUT2D eigenvalue weighted by Gasteiger charge is -2.00. The number of hydrogen-bond donors (Lipinski definition) is 4. The highest BCUT2D eigenvalue weighted by molar-refractivity contribution is 9.10. The van der Waals surface area contributed by atoms with Crippen molar-refractivity contribution in [3.63, 3.8) is 0 Å². The summed E-state index contributed by atoms with van der Waals surface area (Å²) in [7, 11) is -1.17. The fraction of sp³-hybridized carbons (Fsp3) is 0.217. The van der Waals surface area contributed by atoms with Crippen molar-refractivity contribution in [1.82, 2.24) is 9.97 Å². The Morgan fingerprint density at radius 3 is 1.77 bits per heavy atom. The van der Waals surface area contributed by atoms with Gasteiger partial charge in [0.15, 0.2) is 11.6 Å². The molecule has 0 unspecified atom stereocenters. The number of H-pyrrole nitrogens is 2. The van der Waals surface area contributed by atoms with Crippen LogP contribution < -0.4 is 0 Å². The summed E-state index contributed by atoms with van der Waals surface area (Å²) < 4.78 is 0.931. The van der Waals surface area contributed by atoms with Gasteiger partial charge in [0, 0.05) is 44.3 Å². The molecule has 2 heterocycles. The first kappa shape index (κ1) is 26.4. The summed E-state index contributed by atoms with van der Waals surface area (Å²) in [6, 6.07) is 11.5. The van der Waals surface area contributed by atoms with Gasteiger partial charge >= 0.3 is 7.12 Å². The summed E-state index contributed by atoms with van der Waals surface area (Å²) in [4.78, 5) is 28.5. The highest BCUT2D eigenvalue weighted by Gasteiger charge is 2.06. The number of carbonyl (C=O) groups is 2. The molecule has 0 bridgehead atoms. The van der Waals surface area contributed by atoms with E-state index in [1.54, 1.807) is 13.8 Å². The molecule has 8 heteroatoms. The van der Waals surface area contributed by atoms with Gasteiger partial charge in [0.05, 0.1) is 5.52 Å². The van der Waals surface area contributed by atoms with Gasteiger partial charge in [-0.15, -0.1) is 0 Å². The number of aromatic nitrogens is 2. The number of fused-ring (bicyclic) bond motifs is 2. The van der Waals surface area contributed by atoms with E-state index in [4.69, 9.17) is 10.0 Å². The van der Waals surface area contributed by atoms with Crippen molar-refractivity contribution < 1.29 is 19.6 Å². The maximum absolute atomic E-state index is 11.2. The lowest BCUT2D eigenvalue weighted by Crippen LogP contribution is -2.00. The van der Waals surface area contributed by atoms with Crippen LogP contribution in [-0.2, 0) is 0 Å². The number of halogens is 1. The van der Waals surface area contributed by atoms with E-state index in [0.717, 1.165) is 43.0 Å². The minimum Gasteiger partial charge on any atom is -0.427 e. The first-order valence-electron chi connectivity index (χ1n) is 9.32. The Balaban J connectivity index is 0.000000258. The first-order valence-corrected chi connectivity index (χ1v) is 10.1. The zero-order valence-electron chi connectivity index (χ0n) is 17.3. The summed E-state index contributed by atoms with van der Waals surface area (Å²) in [5.74, 6) is 0.204. The molecule has 4 N–H and O–H groups in total. The quantitative estimate of drug-likeness (QED) is 0.220. The van der Waals surface area contributed by atoms with E-state index in [9.17, 15) is 9.59 Å². The summed E-state index contributed by atoms with van der Waals surface area (Å²) in [6.07, 6.45) is 3.75. The highest BCUT2D eigenvalue weighted by Crippen LogP contribution is 2.24. The van der Waals surface area contributed by atoms with E-state index < -0.39 is 7.12 Å². The van der Waals surface area contributed by atoms with Crippen LogP contribution >= 0.6 is 15.9 Å². The lowest BCUT2D eigenvalue weighted by atomic mass is 9.99. The number of aryl methyl sites for hydroxylation is 1. The van der Waals surface area contributed by atoms with Crippen LogP contribution in [-0.4, -0.2) is 38.7 Å². The third-order valence-corrected chi connectivity index (χ3v) is 4.91. The third kappa shape index (κ3) is 7.20. The molecular formula is C23H28BBrN2O4. The van der Waals surface area contributed by atoms with E-state index in [1.807, 2.05) is 55.7 Å². The fourth-order valence-corrected chi connectivity index (χ4v) is 3.48. The van der Waals surface area contributed by atoms with E-state index in [2.05, 4.69) is 25.9 Å². The van der Waals surface area contributed by atoms with Crippen LogP contribution in [0.4, 0.5) is 0 Å². The molecule has 4 rings (SSSR count). The van der Waals surface area contributed by atoms with Crippen LogP contribution in [0.3, 0.4) is 0 Å². The van der Waals surface area contributed by atoms with E-state index in [-0.39, 0.29) is 19.0 Å². The summed E-state index contributed by atoms with van der Waals surface area (Å²) in [6.45, 7) is 6.44. The third-order valence-electron chi connectivity index (χ3n) is 4.28. The average molecular weight is 487 g/mol. The van der Waals surface area contributed by atoms with Gasteiger partial charge < -0.3 is 20.0 Å². The topological polar surface area (TPSA) is 106 Å². The highest BCUT2D eigenvalue weighted by atomic mass is 79.9. The molecule has 0 fully saturated rings. The van der Waals surface area contributed by atoms with Crippen molar-refractivity contribution in [3.8, 4) is 0 Å². The Morgan fingerprint density at radius 2 is 1.29 bits per heavy atom. The van der Waals surface area contributed by atoms with Crippen LogP contribution in [0.5, 0.6) is 0 Å². The Hall–Kier alpha value is -2.68. The van der Waals surface area contributed by atoms with Crippen molar-refractivity contribution in [2.45, 2.75) is 35.0 Å². The molecule has 0 aliphatic rings. The summed E-state index contributed by atoms with van der Waals surface area (Å²) >= 11 is 3.41. The van der Waals surface area contributed by atoms with Gasteiger partial charge in [-0.05, 0) is 85.5 Å². The molecule has 4 aromatic rings. The fourth-order valence-electron chi connectivity index (χ4n) is 2.89. The normalized spacial score (nSPS) is 9.77. The summed E-state index contributed by atoms with van der Waals surface area (Å²) in [5.41, 5.74) is 4.78. The van der Waals surface area contributed by atoms with Gasteiger partial charge in [0.25, 0.3) is 0 Å². The molecule has 0 amide bonds. The zero-order valence-corrected chi connectivity index (χ0v) is 18.9. The van der Waals surface area contributed by atoms with Gasteiger partial charge in [0.1, 0.15) is 0 Å². The van der Waals surface area contributed by atoms with Gasteiger partial charge in [0.2, 0.25) is 0 Å². The Labute approximate surface area is 191 Å². The van der Waals surface area contributed by atoms with Crippen molar-refractivity contribution in [1.29, 1.82) is 0 Å². The lowest BCUT2D eigenvalue weighted by molar-refractivity contribution is 0.100. The molecule has 0 atom stereocenters. The van der Waals surface area contributed by atoms with Crippen LogP contribution in [0.2, 0.25) is 6.82 Å². The molecule has 31 heavy (non-hydrogen) atoms. The predicted octanol–water partition coefficient (Wildman–Crippen LogP) is 5.54. The number of carbonyl (C=O) groups excluding carboxylic acids is 2. The largest absolute Gasteiger partial charge is 0.448 e.